The average molecular weight is 319 g/mol. The second-order valence-corrected chi connectivity index (χ2v) is 8.33. The highest BCUT2D eigenvalue weighted by atomic mass is 16.2. The lowest BCUT2D eigenvalue weighted by Crippen LogP contribution is -2.40. The Morgan fingerprint density at radius 2 is 1.46 bits per heavy atom. The first-order valence-electron chi connectivity index (χ1n) is 9.42. The van der Waals surface area contributed by atoms with Crippen molar-refractivity contribution < 1.29 is 9.59 Å². The number of hydrogen-bond acceptors (Lipinski definition) is 2. The lowest BCUT2D eigenvalue weighted by molar-refractivity contribution is -0.124. The molecule has 7 rings (SSSR count). The molecule has 1 aromatic carbocycles. The topological polar surface area (TPSA) is 37.4 Å². The van der Waals surface area contributed by atoms with Crippen molar-refractivity contribution in [3.63, 3.8) is 0 Å². The summed E-state index contributed by atoms with van der Waals surface area (Å²) in [4.78, 5) is 27.8. The predicted octanol–water partition coefficient (Wildman–Crippen LogP) is 3.12. The third kappa shape index (κ3) is 1.54. The minimum Gasteiger partial charge on any atom is -0.274 e. The van der Waals surface area contributed by atoms with Gasteiger partial charge in [0.15, 0.2) is 0 Å². The van der Waals surface area contributed by atoms with Crippen LogP contribution >= 0.6 is 0 Å². The number of rotatable bonds is 1. The van der Waals surface area contributed by atoms with Crippen molar-refractivity contribution in [1.82, 2.24) is 0 Å². The minimum atomic E-state index is -0.0905. The highest BCUT2D eigenvalue weighted by Gasteiger charge is 2.67. The number of allylic oxidation sites excluding steroid dienone is 2. The molecule has 3 nitrogen and oxygen atoms in total. The van der Waals surface area contributed by atoms with Gasteiger partial charge in [-0.2, -0.15) is 0 Å². The van der Waals surface area contributed by atoms with E-state index in [4.69, 9.17) is 0 Å². The fourth-order valence-electron chi connectivity index (χ4n) is 6.07. The molecule has 1 heterocycles. The van der Waals surface area contributed by atoms with Crippen LogP contribution in [0.4, 0.5) is 5.69 Å². The van der Waals surface area contributed by atoms with E-state index in [9.17, 15) is 9.59 Å². The lowest BCUT2D eigenvalue weighted by Gasteiger charge is -2.37. The second-order valence-electron chi connectivity index (χ2n) is 8.33. The Hall–Kier alpha value is -1.90. The monoisotopic (exact) mass is 319 g/mol. The number of aryl methyl sites for hydroxylation is 2. The van der Waals surface area contributed by atoms with Gasteiger partial charge in [0.05, 0.1) is 17.5 Å². The van der Waals surface area contributed by atoms with Crippen LogP contribution in [0.15, 0.2) is 30.4 Å². The average Bonchev–Trinajstić information content (AvgIpc) is 3.39. The van der Waals surface area contributed by atoms with E-state index < -0.39 is 0 Å². The van der Waals surface area contributed by atoms with E-state index in [2.05, 4.69) is 24.3 Å². The molecule has 1 aliphatic heterocycles. The number of hydrogen-bond donors (Lipinski definition) is 0. The molecule has 0 N–H and O–H groups in total. The Bertz CT molecular complexity index is 774. The maximum absolute atomic E-state index is 13.1. The van der Waals surface area contributed by atoms with Crippen LogP contribution < -0.4 is 4.90 Å². The van der Waals surface area contributed by atoms with Crippen molar-refractivity contribution in [3.05, 3.63) is 41.5 Å². The van der Waals surface area contributed by atoms with E-state index >= 15 is 0 Å². The van der Waals surface area contributed by atoms with Crippen molar-refractivity contribution in [2.45, 2.75) is 32.1 Å². The second kappa shape index (κ2) is 4.38. The quantitative estimate of drug-likeness (QED) is 0.589. The Morgan fingerprint density at radius 1 is 0.833 bits per heavy atom. The highest BCUT2D eigenvalue weighted by molar-refractivity contribution is 6.22. The molecule has 6 atom stereocenters. The summed E-state index contributed by atoms with van der Waals surface area (Å²) in [6.45, 7) is 0. The normalized spacial score (nSPS) is 41.2. The summed E-state index contributed by atoms with van der Waals surface area (Å²) in [7, 11) is 0. The van der Waals surface area contributed by atoms with Gasteiger partial charge in [-0.3, -0.25) is 14.5 Å². The molecule has 5 aliphatic carbocycles. The van der Waals surface area contributed by atoms with Crippen molar-refractivity contribution >= 4 is 17.5 Å². The lowest BCUT2D eigenvalue weighted by atomic mass is 9.63. The van der Waals surface area contributed by atoms with Gasteiger partial charge in [-0.05, 0) is 79.0 Å². The summed E-state index contributed by atoms with van der Waals surface area (Å²) in [6, 6.07) is 6.24. The van der Waals surface area contributed by atoms with Gasteiger partial charge in [-0.1, -0.05) is 18.2 Å². The Morgan fingerprint density at radius 3 is 2.12 bits per heavy atom. The van der Waals surface area contributed by atoms with Crippen LogP contribution in [0.5, 0.6) is 0 Å². The summed E-state index contributed by atoms with van der Waals surface area (Å²) in [6.07, 6.45) is 10.3. The number of fused-ring (bicyclic) bond motifs is 1. The van der Waals surface area contributed by atoms with Crippen LogP contribution in [0, 0.1) is 35.5 Å². The number of anilines is 1. The number of benzene rings is 1. The van der Waals surface area contributed by atoms with Gasteiger partial charge in [0.2, 0.25) is 11.8 Å². The molecule has 6 aliphatic rings. The first-order chi connectivity index (χ1) is 11.7. The summed E-state index contributed by atoms with van der Waals surface area (Å²) < 4.78 is 0. The molecule has 2 saturated carbocycles. The molecule has 3 fully saturated rings. The summed E-state index contributed by atoms with van der Waals surface area (Å²) in [5.41, 5.74) is 3.54. The molecule has 3 heteroatoms. The van der Waals surface area contributed by atoms with Crippen molar-refractivity contribution in [2.24, 2.45) is 35.5 Å². The predicted molar refractivity (Wildman–Crippen MR) is 90.3 cm³/mol. The molecular weight excluding hydrogens is 298 g/mol. The number of carbonyl (C=O) groups excluding carboxylic acids is 2. The van der Waals surface area contributed by atoms with Crippen LogP contribution in [0.2, 0.25) is 0 Å². The number of imide groups is 1. The van der Waals surface area contributed by atoms with E-state index in [1.54, 1.807) is 0 Å². The van der Waals surface area contributed by atoms with Crippen LogP contribution in [-0.4, -0.2) is 11.8 Å². The first-order valence-corrected chi connectivity index (χ1v) is 9.42. The molecule has 0 unspecified atom stereocenters. The molecular formula is C21H21NO2. The van der Waals surface area contributed by atoms with E-state index in [1.807, 2.05) is 6.07 Å². The third-order valence-corrected chi connectivity index (χ3v) is 7.25. The van der Waals surface area contributed by atoms with Crippen molar-refractivity contribution in [1.29, 1.82) is 0 Å². The molecule has 0 spiro atoms. The Kier molecular flexibility index (Phi) is 2.45. The van der Waals surface area contributed by atoms with Gasteiger partial charge in [-0.15, -0.1) is 0 Å². The summed E-state index contributed by atoms with van der Waals surface area (Å²) in [5, 5.41) is 0. The molecule has 1 aromatic rings. The van der Waals surface area contributed by atoms with Gasteiger partial charge in [0, 0.05) is 0 Å². The van der Waals surface area contributed by atoms with Crippen LogP contribution in [-0.2, 0) is 22.4 Å². The zero-order valence-corrected chi connectivity index (χ0v) is 13.7. The van der Waals surface area contributed by atoms with Crippen LogP contribution in [0.3, 0.4) is 0 Å². The fraction of sp³-hybridized carbons (Fsp3) is 0.524. The highest BCUT2D eigenvalue weighted by Crippen LogP contribution is 2.65. The molecule has 2 bridgehead atoms. The number of carbonyl (C=O) groups is 2. The minimum absolute atomic E-state index is 0.0606. The van der Waals surface area contributed by atoms with Crippen molar-refractivity contribution in [3.8, 4) is 0 Å². The smallest absolute Gasteiger partial charge is 0.238 e. The van der Waals surface area contributed by atoms with Gasteiger partial charge < -0.3 is 0 Å². The SMILES string of the molecule is O=C1[C@@H]2[C@@H]3C=C[C@H]([C@@H]4C[C@H]34)[C@H]2C(=O)N1c1ccc2c(c1)CCCC2. The molecule has 24 heavy (non-hydrogen) atoms. The van der Waals surface area contributed by atoms with E-state index in [0.717, 1.165) is 18.5 Å². The number of nitrogens with zero attached hydrogens (tertiary/aromatic N) is 1. The fourth-order valence-corrected chi connectivity index (χ4v) is 6.07. The summed E-state index contributed by atoms with van der Waals surface area (Å²) >= 11 is 0. The number of amides is 2. The Balaban J connectivity index is 1.41. The third-order valence-electron chi connectivity index (χ3n) is 7.25. The molecule has 2 amide bonds. The molecule has 0 aromatic heterocycles. The standard InChI is InChI=1S/C21H21NO2/c23-20-18-14-7-8-15(17-10-16(14)17)19(18)21(24)22(20)13-6-5-11-3-1-2-4-12(11)9-13/h5-9,14-19H,1-4,10H2/t14-,15-,16-,17+,18-,19-/m1/s1. The van der Waals surface area contributed by atoms with Gasteiger partial charge >= 0.3 is 0 Å². The zero-order valence-electron chi connectivity index (χ0n) is 13.7. The van der Waals surface area contributed by atoms with Gasteiger partial charge in [-0.25, -0.2) is 0 Å². The maximum atomic E-state index is 13.1. The summed E-state index contributed by atoms with van der Waals surface area (Å²) in [5.74, 6) is 1.90. The van der Waals surface area contributed by atoms with Gasteiger partial charge in [0.1, 0.15) is 0 Å². The van der Waals surface area contributed by atoms with Gasteiger partial charge in [0.25, 0.3) is 0 Å². The Labute approximate surface area is 141 Å². The van der Waals surface area contributed by atoms with Crippen LogP contribution in [0.25, 0.3) is 0 Å². The molecule has 1 saturated heterocycles. The van der Waals surface area contributed by atoms with E-state index in [-0.39, 0.29) is 23.7 Å². The first kappa shape index (κ1) is 13.4. The largest absolute Gasteiger partial charge is 0.274 e. The maximum Gasteiger partial charge on any atom is 0.238 e. The molecule has 0 radical (unpaired) electrons. The van der Waals surface area contributed by atoms with Crippen LogP contribution in [0.1, 0.15) is 30.4 Å². The molecule has 122 valence electrons. The van der Waals surface area contributed by atoms with Crippen molar-refractivity contribution in [2.75, 3.05) is 4.90 Å². The van der Waals surface area contributed by atoms with E-state index in [1.165, 1.54) is 35.3 Å². The van der Waals surface area contributed by atoms with E-state index in [0.29, 0.717) is 23.7 Å². The zero-order chi connectivity index (χ0) is 16.0.